The van der Waals surface area contributed by atoms with Gasteiger partial charge < -0.3 is 4.74 Å². The van der Waals surface area contributed by atoms with E-state index >= 15 is 0 Å². The quantitative estimate of drug-likeness (QED) is 0.539. The molecule has 0 fully saturated rings. The maximum absolute atomic E-state index is 11.3. The van der Waals surface area contributed by atoms with E-state index in [1.54, 1.807) is 6.92 Å². The van der Waals surface area contributed by atoms with E-state index in [0.717, 1.165) is 25.0 Å². The zero-order valence-corrected chi connectivity index (χ0v) is 13.0. The molecule has 0 aliphatic rings. The number of unbranched alkanes of at least 4 members (excludes halogenated alkanes) is 3. The van der Waals surface area contributed by atoms with Crippen LogP contribution >= 0.6 is 11.8 Å². The zero-order valence-electron chi connectivity index (χ0n) is 12.2. The topological polar surface area (TPSA) is 43.4 Å². The maximum atomic E-state index is 11.3. The van der Waals surface area contributed by atoms with Gasteiger partial charge in [-0.15, -0.1) is 0 Å². The third-order valence-corrected chi connectivity index (χ3v) is 3.94. The Hall–Kier alpha value is -1.29. The van der Waals surface area contributed by atoms with Gasteiger partial charge in [0.2, 0.25) is 0 Å². The second-order valence-electron chi connectivity index (χ2n) is 4.69. The summed E-state index contributed by atoms with van der Waals surface area (Å²) in [7, 11) is 1.39. The number of ether oxygens (including phenoxy) is 1. The smallest absolute Gasteiger partial charge is 0.337 e. The Labute approximate surface area is 125 Å². The molecule has 0 bridgehead atoms. The number of benzene rings is 1. The molecule has 1 aromatic carbocycles. The summed E-state index contributed by atoms with van der Waals surface area (Å²) < 4.78 is 4.66. The van der Waals surface area contributed by atoms with Crippen molar-refractivity contribution in [3.05, 3.63) is 35.4 Å². The van der Waals surface area contributed by atoms with Crippen LogP contribution in [0.3, 0.4) is 0 Å². The average Bonchev–Trinajstić information content (AvgIpc) is 2.45. The molecule has 0 aliphatic heterocycles. The first kappa shape index (κ1) is 16.8. The molecule has 1 aromatic rings. The van der Waals surface area contributed by atoms with Crippen molar-refractivity contribution in [1.29, 1.82) is 0 Å². The summed E-state index contributed by atoms with van der Waals surface area (Å²) in [6.07, 6.45) is 5.62. The van der Waals surface area contributed by atoms with Gasteiger partial charge in [0.25, 0.3) is 0 Å². The second kappa shape index (κ2) is 9.59. The SMILES string of the molecule is COC(=O)c1ccc(CCCCCCSC(C)=O)cc1. The van der Waals surface area contributed by atoms with Crippen LogP contribution in [0.15, 0.2) is 24.3 Å². The van der Waals surface area contributed by atoms with Crippen molar-refractivity contribution >= 4 is 22.8 Å². The molecule has 0 N–H and O–H groups in total. The molecule has 0 heterocycles. The lowest BCUT2D eigenvalue weighted by Crippen LogP contribution is -2.00. The van der Waals surface area contributed by atoms with Gasteiger partial charge in [-0.05, 0) is 37.0 Å². The molecule has 0 saturated heterocycles. The first-order valence-electron chi connectivity index (χ1n) is 6.94. The van der Waals surface area contributed by atoms with Gasteiger partial charge in [-0.1, -0.05) is 36.7 Å². The Balaban J connectivity index is 2.16. The Morgan fingerprint density at radius 3 is 2.30 bits per heavy atom. The molecule has 0 aromatic heterocycles. The van der Waals surface area contributed by atoms with E-state index in [-0.39, 0.29) is 11.1 Å². The molecule has 0 amide bonds. The maximum Gasteiger partial charge on any atom is 0.337 e. The standard InChI is InChI=1S/C16H22O3S/c1-13(17)20-12-6-4-3-5-7-14-8-10-15(11-9-14)16(18)19-2/h8-11H,3-7,12H2,1-2H3. The number of methoxy groups -OCH3 is 1. The summed E-state index contributed by atoms with van der Waals surface area (Å²) in [6, 6.07) is 7.59. The highest BCUT2D eigenvalue weighted by Crippen LogP contribution is 2.12. The van der Waals surface area contributed by atoms with Crippen molar-refractivity contribution < 1.29 is 14.3 Å². The van der Waals surface area contributed by atoms with Crippen LogP contribution in [0.1, 0.15) is 48.5 Å². The number of thioether (sulfide) groups is 1. The lowest BCUT2D eigenvalue weighted by molar-refractivity contribution is -0.109. The summed E-state index contributed by atoms with van der Waals surface area (Å²) in [6.45, 7) is 1.61. The molecule has 0 radical (unpaired) electrons. The van der Waals surface area contributed by atoms with E-state index < -0.39 is 0 Å². The fraction of sp³-hybridized carbons (Fsp3) is 0.500. The number of carbonyl (C=O) groups is 2. The molecule has 4 heteroatoms. The van der Waals surface area contributed by atoms with Crippen molar-refractivity contribution in [2.75, 3.05) is 12.9 Å². The number of rotatable bonds is 8. The van der Waals surface area contributed by atoms with E-state index in [4.69, 9.17) is 0 Å². The lowest BCUT2D eigenvalue weighted by atomic mass is 10.0. The van der Waals surface area contributed by atoms with Crippen LogP contribution in [0.2, 0.25) is 0 Å². The monoisotopic (exact) mass is 294 g/mol. The summed E-state index contributed by atoms with van der Waals surface area (Å²) >= 11 is 1.41. The predicted molar refractivity (Wildman–Crippen MR) is 83.1 cm³/mol. The summed E-state index contributed by atoms with van der Waals surface area (Å²) in [4.78, 5) is 22.0. The van der Waals surface area contributed by atoms with E-state index in [1.165, 1.54) is 37.3 Å². The van der Waals surface area contributed by atoms with Gasteiger partial charge in [-0.25, -0.2) is 4.79 Å². The van der Waals surface area contributed by atoms with Crippen LogP contribution in [0, 0.1) is 0 Å². The summed E-state index contributed by atoms with van der Waals surface area (Å²) in [5.41, 5.74) is 1.84. The van der Waals surface area contributed by atoms with Crippen LogP contribution < -0.4 is 0 Å². The van der Waals surface area contributed by atoms with Gasteiger partial charge in [0, 0.05) is 12.7 Å². The van der Waals surface area contributed by atoms with Crippen molar-refractivity contribution in [3.8, 4) is 0 Å². The van der Waals surface area contributed by atoms with E-state index in [2.05, 4.69) is 4.74 Å². The third-order valence-electron chi connectivity index (χ3n) is 3.04. The normalized spacial score (nSPS) is 10.3. The number of aryl methyl sites for hydroxylation is 1. The minimum absolute atomic E-state index is 0.204. The van der Waals surface area contributed by atoms with Crippen molar-refractivity contribution in [3.63, 3.8) is 0 Å². The minimum Gasteiger partial charge on any atom is -0.465 e. The molecule has 0 aliphatic carbocycles. The van der Waals surface area contributed by atoms with E-state index in [0.29, 0.717) is 5.56 Å². The Kier molecular flexibility index (Phi) is 8.04. The summed E-state index contributed by atoms with van der Waals surface area (Å²) in [5, 5.41) is 0.204. The predicted octanol–water partition coefficient (Wildman–Crippen LogP) is 3.86. The largest absolute Gasteiger partial charge is 0.465 e. The van der Waals surface area contributed by atoms with Gasteiger partial charge in [0.15, 0.2) is 5.12 Å². The molecule has 110 valence electrons. The fourth-order valence-electron chi connectivity index (χ4n) is 1.93. The highest BCUT2D eigenvalue weighted by atomic mass is 32.2. The van der Waals surface area contributed by atoms with Crippen LogP contribution in [0.25, 0.3) is 0 Å². The first-order chi connectivity index (χ1) is 9.63. The highest BCUT2D eigenvalue weighted by Gasteiger charge is 2.04. The molecule has 0 spiro atoms. The molecule has 0 atom stereocenters. The molecular formula is C16H22O3S. The lowest BCUT2D eigenvalue weighted by Gasteiger charge is -2.03. The van der Waals surface area contributed by atoms with E-state index in [9.17, 15) is 9.59 Å². The Morgan fingerprint density at radius 1 is 1.05 bits per heavy atom. The van der Waals surface area contributed by atoms with Crippen molar-refractivity contribution in [2.45, 2.75) is 39.0 Å². The van der Waals surface area contributed by atoms with Crippen molar-refractivity contribution in [1.82, 2.24) is 0 Å². The van der Waals surface area contributed by atoms with Gasteiger partial charge in [-0.2, -0.15) is 0 Å². The van der Waals surface area contributed by atoms with Crippen LogP contribution in [-0.2, 0) is 16.0 Å². The van der Waals surface area contributed by atoms with Crippen LogP contribution in [-0.4, -0.2) is 23.9 Å². The molecule has 1 rings (SSSR count). The zero-order chi connectivity index (χ0) is 14.8. The fourth-order valence-corrected chi connectivity index (χ4v) is 2.56. The summed E-state index contributed by atoms with van der Waals surface area (Å²) in [5.74, 6) is 0.642. The van der Waals surface area contributed by atoms with Crippen molar-refractivity contribution in [2.24, 2.45) is 0 Å². The number of hydrogen-bond acceptors (Lipinski definition) is 4. The van der Waals surface area contributed by atoms with Gasteiger partial charge in [-0.3, -0.25) is 4.79 Å². The minimum atomic E-state index is -0.292. The van der Waals surface area contributed by atoms with E-state index in [1.807, 2.05) is 24.3 Å². The Morgan fingerprint density at radius 2 is 1.70 bits per heavy atom. The van der Waals surface area contributed by atoms with Gasteiger partial charge >= 0.3 is 5.97 Å². The van der Waals surface area contributed by atoms with Crippen LogP contribution in [0.4, 0.5) is 0 Å². The highest BCUT2D eigenvalue weighted by molar-refractivity contribution is 8.13. The van der Waals surface area contributed by atoms with Gasteiger partial charge in [0.1, 0.15) is 0 Å². The molecule has 20 heavy (non-hydrogen) atoms. The second-order valence-corrected chi connectivity index (χ2v) is 5.96. The van der Waals surface area contributed by atoms with Gasteiger partial charge in [0.05, 0.1) is 12.7 Å². The molecule has 0 saturated carbocycles. The molecule has 0 unspecified atom stereocenters. The molecule has 3 nitrogen and oxygen atoms in total. The first-order valence-corrected chi connectivity index (χ1v) is 7.92. The average molecular weight is 294 g/mol. The molecular weight excluding hydrogens is 272 g/mol. The number of hydrogen-bond donors (Lipinski definition) is 0. The third kappa shape index (κ3) is 6.75. The van der Waals surface area contributed by atoms with Crippen LogP contribution in [0.5, 0.6) is 0 Å². The number of esters is 1. The Bertz CT molecular complexity index is 426. The number of carbonyl (C=O) groups excluding carboxylic acids is 2.